The fourth-order valence-electron chi connectivity index (χ4n) is 1.41. The Morgan fingerprint density at radius 2 is 1.94 bits per heavy atom. The zero-order chi connectivity index (χ0) is 12.0. The molecule has 2 nitrogen and oxygen atoms in total. The Bertz CT molecular complexity index is 324. The molecule has 1 N–H and O–H groups in total. The van der Waals surface area contributed by atoms with Crippen LogP contribution in [0, 0.1) is 5.92 Å². The molecule has 0 radical (unpaired) electrons. The van der Waals surface area contributed by atoms with Crippen LogP contribution in [0.4, 0.5) is 0 Å². The van der Waals surface area contributed by atoms with Crippen LogP contribution in [-0.4, -0.2) is 17.8 Å². The number of benzene rings is 1. The lowest BCUT2D eigenvalue weighted by molar-refractivity contribution is -0.124. The average Bonchev–Trinajstić information content (AvgIpc) is 2.29. The first-order chi connectivity index (χ1) is 7.63. The summed E-state index contributed by atoms with van der Waals surface area (Å²) in [6.07, 6.45) is 0.781. The van der Waals surface area contributed by atoms with Crippen LogP contribution in [0.15, 0.2) is 30.3 Å². The molecule has 88 valence electrons. The molecule has 1 amide bonds. The fourth-order valence-corrected chi connectivity index (χ4v) is 1.60. The molecule has 1 unspecified atom stereocenters. The summed E-state index contributed by atoms with van der Waals surface area (Å²) in [7, 11) is 0. The van der Waals surface area contributed by atoms with Crippen LogP contribution >= 0.6 is 11.6 Å². The summed E-state index contributed by atoms with van der Waals surface area (Å²) in [6.45, 7) is 3.76. The standard InChI is InChI=1S/C13H18ClNO/c1-10(2)13(16)15-12(9-14)8-11-6-4-3-5-7-11/h3-7,10,12H,8-9H2,1-2H3,(H,15,16). The maximum absolute atomic E-state index is 11.5. The van der Waals surface area contributed by atoms with Gasteiger partial charge in [-0.3, -0.25) is 4.79 Å². The van der Waals surface area contributed by atoms with Gasteiger partial charge < -0.3 is 5.32 Å². The highest BCUT2D eigenvalue weighted by atomic mass is 35.5. The molecule has 16 heavy (non-hydrogen) atoms. The molecule has 0 aliphatic carbocycles. The first-order valence-corrected chi connectivity index (χ1v) is 6.07. The Hall–Kier alpha value is -1.02. The zero-order valence-corrected chi connectivity index (χ0v) is 10.5. The fraction of sp³-hybridized carbons (Fsp3) is 0.462. The van der Waals surface area contributed by atoms with Gasteiger partial charge in [-0.05, 0) is 12.0 Å². The third-order valence-electron chi connectivity index (χ3n) is 2.38. The second-order valence-electron chi connectivity index (χ2n) is 4.20. The van der Waals surface area contributed by atoms with E-state index in [0.29, 0.717) is 5.88 Å². The lowest BCUT2D eigenvalue weighted by Gasteiger charge is -2.17. The SMILES string of the molecule is CC(C)C(=O)NC(CCl)Cc1ccccc1. The van der Waals surface area contributed by atoms with Gasteiger partial charge in [-0.2, -0.15) is 0 Å². The molecule has 1 aromatic rings. The van der Waals surface area contributed by atoms with Crippen LogP contribution in [0.2, 0.25) is 0 Å². The van der Waals surface area contributed by atoms with Crippen molar-refractivity contribution in [2.24, 2.45) is 5.92 Å². The normalized spacial score (nSPS) is 12.5. The van der Waals surface area contributed by atoms with Gasteiger partial charge in [0.05, 0.1) is 0 Å². The van der Waals surface area contributed by atoms with Crippen molar-refractivity contribution in [1.82, 2.24) is 5.32 Å². The van der Waals surface area contributed by atoms with Crippen molar-refractivity contribution in [3.8, 4) is 0 Å². The van der Waals surface area contributed by atoms with Crippen molar-refractivity contribution in [3.63, 3.8) is 0 Å². The van der Waals surface area contributed by atoms with Gasteiger partial charge in [0.25, 0.3) is 0 Å². The molecule has 1 rings (SSSR count). The number of amides is 1. The van der Waals surface area contributed by atoms with E-state index in [1.165, 1.54) is 5.56 Å². The molecule has 0 aromatic heterocycles. The number of nitrogens with one attached hydrogen (secondary N) is 1. The molecule has 1 aromatic carbocycles. The largest absolute Gasteiger partial charge is 0.352 e. The third kappa shape index (κ3) is 4.23. The van der Waals surface area contributed by atoms with Crippen LogP contribution in [0.3, 0.4) is 0 Å². The van der Waals surface area contributed by atoms with Gasteiger partial charge in [0.15, 0.2) is 0 Å². The van der Waals surface area contributed by atoms with Gasteiger partial charge in [-0.15, -0.1) is 11.6 Å². The molecule has 0 aliphatic heterocycles. The van der Waals surface area contributed by atoms with E-state index in [4.69, 9.17) is 11.6 Å². The van der Waals surface area contributed by atoms with Crippen LogP contribution < -0.4 is 5.32 Å². The predicted octanol–water partition coefficient (Wildman–Crippen LogP) is 2.61. The second kappa shape index (κ2) is 6.54. The highest BCUT2D eigenvalue weighted by Gasteiger charge is 2.14. The molecule has 0 bridgehead atoms. The Balaban J connectivity index is 2.53. The van der Waals surface area contributed by atoms with Gasteiger partial charge in [0.1, 0.15) is 0 Å². The molecule has 0 spiro atoms. The lowest BCUT2D eigenvalue weighted by Crippen LogP contribution is -2.40. The zero-order valence-electron chi connectivity index (χ0n) is 9.74. The number of alkyl halides is 1. The summed E-state index contributed by atoms with van der Waals surface area (Å²) >= 11 is 5.85. The first-order valence-electron chi connectivity index (χ1n) is 5.53. The minimum Gasteiger partial charge on any atom is -0.352 e. The van der Waals surface area contributed by atoms with Gasteiger partial charge in [0.2, 0.25) is 5.91 Å². The van der Waals surface area contributed by atoms with E-state index in [1.807, 2.05) is 44.2 Å². The highest BCUT2D eigenvalue weighted by Crippen LogP contribution is 2.05. The monoisotopic (exact) mass is 239 g/mol. The summed E-state index contributed by atoms with van der Waals surface area (Å²) in [5.41, 5.74) is 1.19. The highest BCUT2D eigenvalue weighted by molar-refractivity contribution is 6.18. The number of rotatable bonds is 5. The molecular formula is C13H18ClNO. The Morgan fingerprint density at radius 3 is 2.44 bits per heavy atom. The number of carbonyl (C=O) groups is 1. The topological polar surface area (TPSA) is 29.1 Å². The molecule has 0 fully saturated rings. The molecule has 0 aliphatic rings. The van der Waals surface area contributed by atoms with Gasteiger partial charge in [-0.25, -0.2) is 0 Å². The molecule has 3 heteroatoms. The van der Waals surface area contributed by atoms with Crippen molar-refractivity contribution in [1.29, 1.82) is 0 Å². The van der Waals surface area contributed by atoms with E-state index in [1.54, 1.807) is 0 Å². The summed E-state index contributed by atoms with van der Waals surface area (Å²) in [4.78, 5) is 11.5. The van der Waals surface area contributed by atoms with Crippen LogP contribution in [0.25, 0.3) is 0 Å². The molecule has 0 saturated heterocycles. The summed E-state index contributed by atoms with van der Waals surface area (Å²) in [5.74, 6) is 0.496. The summed E-state index contributed by atoms with van der Waals surface area (Å²) < 4.78 is 0. The second-order valence-corrected chi connectivity index (χ2v) is 4.51. The molecule has 1 atom stereocenters. The smallest absolute Gasteiger partial charge is 0.222 e. The van der Waals surface area contributed by atoms with Gasteiger partial charge >= 0.3 is 0 Å². The Labute approximate surface area is 102 Å². The molecule has 0 saturated carbocycles. The van der Waals surface area contributed by atoms with E-state index in [9.17, 15) is 4.79 Å². The Morgan fingerprint density at radius 1 is 1.31 bits per heavy atom. The maximum Gasteiger partial charge on any atom is 0.222 e. The van der Waals surface area contributed by atoms with E-state index in [-0.39, 0.29) is 17.9 Å². The molecular weight excluding hydrogens is 222 g/mol. The summed E-state index contributed by atoms with van der Waals surface area (Å²) in [5, 5.41) is 2.94. The van der Waals surface area contributed by atoms with E-state index >= 15 is 0 Å². The average molecular weight is 240 g/mol. The van der Waals surface area contributed by atoms with Gasteiger partial charge in [-0.1, -0.05) is 44.2 Å². The molecule has 0 heterocycles. The van der Waals surface area contributed by atoms with Crippen molar-refractivity contribution in [2.75, 3.05) is 5.88 Å². The quantitative estimate of drug-likeness (QED) is 0.787. The van der Waals surface area contributed by atoms with Crippen molar-refractivity contribution < 1.29 is 4.79 Å². The minimum absolute atomic E-state index is 0.00138. The predicted molar refractivity (Wildman–Crippen MR) is 67.6 cm³/mol. The maximum atomic E-state index is 11.5. The van der Waals surface area contributed by atoms with Crippen LogP contribution in [0.5, 0.6) is 0 Å². The van der Waals surface area contributed by atoms with E-state index in [2.05, 4.69) is 5.32 Å². The van der Waals surface area contributed by atoms with Crippen LogP contribution in [-0.2, 0) is 11.2 Å². The third-order valence-corrected chi connectivity index (χ3v) is 2.75. The van der Waals surface area contributed by atoms with Crippen LogP contribution in [0.1, 0.15) is 19.4 Å². The van der Waals surface area contributed by atoms with Crippen molar-refractivity contribution >= 4 is 17.5 Å². The number of halogens is 1. The number of carbonyl (C=O) groups excluding carboxylic acids is 1. The van der Waals surface area contributed by atoms with Crippen molar-refractivity contribution in [2.45, 2.75) is 26.3 Å². The lowest BCUT2D eigenvalue weighted by atomic mass is 10.1. The van der Waals surface area contributed by atoms with Gasteiger partial charge in [0, 0.05) is 17.8 Å². The van der Waals surface area contributed by atoms with E-state index in [0.717, 1.165) is 6.42 Å². The number of hydrogen-bond donors (Lipinski definition) is 1. The van der Waals surface area contributed by atoms with E-state index < -0.39 is 0 Å². The minimum atomic E-state index is 0.00138. The summed E-state index contributed by atoms with van der Waals surface area (Å²) in [6, 6.07) is 10.1. The number of hydrogen-bond acceptors (Lipinski definition) is 1. The first kappa shape index (κ1) is 13.0. The Kier molecular flexibility index (Phi) is 5.33. The van der Waals surface area contributed by atoms with Crippen molar-refractivity contribution in [3.05, 3.63) is 35.9 Å².